The molecule has 2 amide bonds. The Balaban J connectivity index is 2.32. The number of aryl methyl sites for hydroxylation is 1. The molecule has 1 aromatic carbocycles. The molecule has 0 spiro atoms. The number of rotatable bonds is 5. The Morgan fingerprint density at radius 1 is 1.32 bits per heavy atom. The maximum atomic E-state index is 13.4. The van der Waals surface area contributed by atoms with Crippen LogP contribution in [0.3, 0.4) is 0 Å². The first-order valence-corrected chi connectivity index (χ1v) is 6.84. The summed E-state index contributed by atoms with van der Waals surface area (Å²) < 4.78 is 18.7. The van der Waals surface area contributed by atoms with Crippen molar-refractivity contribution in [1.29, 1.82) is 0 Å². The third kappa shape index (κ3) is 3.16. The molecule has 0 bridgehead atoms. The second kappa shape index (κ2) is 6.43. The number of carbonyl (C=O) groups is 2. The van der Waals surface area contributed by atoms with Gasteiger partial charge in [-0.2, -0.15) is 0 Å². The number of likely N-dealkylation sites (N-methyl/N-ethyl adjacent to an activating group) is 1. The first-order valence-electron chi connectivity index (χ1n) is 6.84. The van der Waals surface area contributed by atoms with E-state index in [4.69, 9.17) is 10.2 Å². The quantitative estimate of drug-likeness (QED) is 0.920. The number of carbonyl (C=O) groups excluding carboxylic acids is 2. The molecule has 1 atom stereocenters. The summed E-state index contributed by atoms with van der Waals surface area (Å²) in [6.07, 6.45) is 0.653. The highest BCUT2D eigenvalue weighted by Crippen LogP contribution is 2.22. The lowest BCUT2D eigenvalue weighted by atomic mass is 10.0. The molecule has 1 aromatic heterocycles. The Morgan fingerprint density at radius 3 is 2.59 bits per heavy atom. The number of primary amides is 1. The van der Waals surface area contributed by atoms with Gasteiger partial charge in [-0.3, -0.25) is 9.59 Å². The van der Waals surface area contributed by atoms with Crippen LogP contribution in [0.2, 0.25) is 0 Å². The van der Waals surface area contributed by atoms with Crippen LogP contribution >= 0.6 is 0 Å². The van der Waals surface area contributed by atoms with Gasteiger partial charge >= 0.3 is 0 Å². The summed E-state index contributed by atoms with van der Waals surface area (Å²) in [7, 11) is 1.43. The molecule has 0 saturated heterocycles. The maximum absolute atomic E-state index is 13.4. The number of nitrogens with two attached hydrogens (primary N) is 1. The van der Waals surface area contributed by atoms with Gasteiger partial charge in [0.25, 0.3) is 5.91 Å². The van der Waals surface area contributed by atoms with Crippen LogP contribution < -0.4 is 5.73 Å². The third-order valence-electron chi connectivity index (χ3n) is 3.36. The van der Waals surface area contributed by atoms with Gasteiger partial charge in [0, 0.05) is 13.5 Å². The number of hydrogen-bond acceptors (Lipinski definition) is 3. The van der Waals surface area contributed by atoms with E-state index in [1.807, 2.05) is 6.92 Å². The Kier molecular flexibility index (Phi) is 4.60. The Labute approximate surface area is 127 Å². The predicted molar refractivity (Wildman–Crippen MR) is 78.5 cm³/mol. The van der Waals surface area contributed by atoms with E-state index >= 15 is 0 Å². The van der Waals surface area contributed by atoms with Crippen molar-refractivity contribution in [2.24, 2.45) is 5.73 Å². The highest BCUT2D eigenvalue weighted by Gasteiger charge is 2.29. The Morgan fingerprint density at radius 2 is 2.05 bits per heavy atom. The normalized spacial score (nSPS) is 12.0. The lowest BCUT2D eigenvalue weighted by Gasteiger charge is -2.25. The van der Waals surface area contributed by atoms with E-state index < -0.39 is 23.7 Å². The molecule has 0 saturated carbocycles. The predicted octanol–water partition coefficient (Wildman–Crippen LogP) is 2.28. The van der Waals surface area contributed by atoms with Crippen molar-refractivity contribution >= 4 is 11.8 Å². The number of nitrogens with zero attached hydrogens (tertiary/aromatic N) is 1. The molecule has 2 aromatic rings. The number of amides is 2. The molecule has 116 valence electrons. The van der Waals surface area contributed by atoms with E-state index in [2.05, 4.69) is 0 Å². The minimum Gasteiger partial charge on any atom is -0.456 e. The number of hydrogen-bond donors (Lipinski definition) is 1. The van der Waals surface area contributed by atoms with Crippen LogP contribution in [0.25, 0.3) is 0 Å². The largest absolute Gasteiger partial charge is 0.456 e. The van der Waals surface area contributed by atoms with Crippen molar-refractivity contribution in [3.63, 3.8) is 0 Å². The molecule has 22 heavy (non-hydrogen) atoms. The lowest BCUT2D eigenvalue weighted by Crippen LogP contribution is -2.39. The first-order chi connectivity index (χ1) is 10.4. The lowest BCUT2D eigenvalue weighted by molar-refractivity contribution is -0.122. The second-order valence-corrected chi connectivity index (χ2v) is 4.90. The molecule has 0 aliphatic rings. The van der Waals surface area contributed by atoms with E-state index in [1.165, 1.54) is 25.2 Å². The molecule has 1 heterocycles. The highest BCUT2D eigenvalue weighted by atomic mass is 19.1. The number of furan rings is 1. The fraction of sp³-hybridized carbons (Fsp3) is 0.250. The van der Waals surface area contributed by atoms with E-state index in [1.54, 1.807) is 18.2 Å². The first kappa shape index (κ1) is 15.8. The smallest absolute Gasteiger partial charge is 0.290 e. The van der Waals surface area contributed by atoms with Gasteiger partial charge in [-0.25, -0.2) is 4.39 Å². The van der Waals surface area contributed by atoms with Crippen LogP contribution in [0.1, 0.15) is 34.8 Å². The van der Waals surface area contributed by atoms with Gasteiger partial charge in [0.15, 0.2) is 5.76 Å². The summed E-state index contributed by atoms with van der Waals surface area (Å²) in [5, 5.41) is 0. The molecular weight excluding hydrogens is 287 g/mol. The highest BCUT2D eigenvalue weighted by molar-refractivity contribution is 5.95. The van der Waals surface area contributed by atoms with E-state index in [-0.39, 0.29) is 5.76 Å². The van der Waals surface area contributed by atoms with E-state index in [0.717, 1.165) is 4.90 Å². The van der Waals surface area contributed by atoms with E-state index in [9.17, 15) is 14.0 Å². The van der Waals surface area contributed by atoms with Crippen molar-refractivity contribution in [2.75, 3.05) is 7.05 Å². The summed E-state index contributed by atoms with van der Waals surface area (Å²) in [6.45, 7) is 1.90. The van der Waals surface area contributed by atoms with Gasteiger partial charge in [-0.15, -0.1) is 0 Å². The van der Waals surface area contributed by atoms with Gasteiger partial charge in [-0.05, 0) is 29.8 Å². The number of halogens is 1. The maximum Gasteiger partial charge on any atom is 0.290 e. The summed E-state index contributed by atoms with van der Waals surface area (Å²) >= 11 is 0. The molecule has 0 unspecified atom stereocenters. The fourth-order valence-electron chi connectivity index (χ4n) is 2.23. The van der Waals surface area contributed by atoms with Crippen molar-refractivity contribution in [3.05, 3.63) is 59.3 Å². The van der Waals surface area contributed by atoms with Crippen LogP contribution in [0, 0.1) is 5.82 Å². The SMILES string of the molecule is CCc1ccc(C(=O)N(C)[C@@H](C(N)=O)c2cccc(F)c2)o1. The van der Waals surface area contributed by atoms with Gasteiger partial charge < -0.3 is 15.1 Å². The average Bonchev–Trinajstić information content (AvgIpc) is 2.95. The fourth-order valence-corrected chi connectivity index (χ4v) is 2.23. The van der Waals surface area contributed by atoms with Crippen molar-refractivity contribution in [3.8, 4) is 0 Å². The summed E-state index contributed by atoms with van der Waals surface area (Å²) in [4.78, 5) is 25.3. The Bertz CT molecular complexity index is 696. The van der Waals surface area contributed by atoms with Crippen molar-refractivity contribution in [1.82, 2.24) is 4.90 Å². The third-order valence-corrected chi connectivity index (χ3v) is 3.36. The molecule has 2 rings (SSSR count). The minimum atomic E-state index is -1.07. The van der Waals surface area contributed by atoms with Crippen LogP contribution in [0.4, 0.5) is 4.39 Å². The van der Waals surface area contributed by atoms with Crippen LogP contribution in [0.5, 0.6) is 0 Å². The van der Waals surface area contributed by atoms with E-state index in [0.29, 0.717) is 17.7 Å². The molecule has 0 aliphatic carbocycles. The van der Waals surface area contributed by atoms with Crippen LogP contribution in [0.15, 0.2) is 40.8 Å². The standard InChI is InChI=1S/C16H17FN2O3/c1-3-12-7-8-13(22-12)16(21)19(2)14(15(18)20)10-5-4-6-11(17)9-10/h4-9,14H,3H2,1-2H3,(H2,18,20)/t14-/m1/s1. The molecule has 0 fully saturated rings. The van der Waals surface area contributed by atoms with Gasteiger partial charge in [0.2, 0.25) is 5.91 Å². The zero-order chi connectivity index (χ0) is 16.3. The van der Waals surface area contributed by atoms with Crippen molar-refractivity contribution in [2.45, 2.75) is 19.4 Å². The van der Waals surface area contributed by atoms with Crippen molar-refractivity contribution < 1.29 is 18.4 Å². The molecule has 6 heteroatoms. The zero-order valence-electron chi connectivity index (χ0n) is 12.4. The van der Waals surface area contributed by atoms with Crippen LogP contribution in [-0.4, -0.2) is 23.8 Å². The summed E-state index contributed by atoms with van der Waals surface area (Å²) in [5.41, 5.74) is 5.69. The monoisotopic (exact) mass is 304 g/mol. The molecule has 0 aliphatic heterocycles. The second-order valence-electron chi connectivity index (χ2n) is 4.90. The number of benzene rings is 1. The minimum absolute atomic E-state index is 0.113. The zero-order valence-corrected chi connectivity index (χ0v) is 12.4. The molecule has 5 nitrogen and oxygen atoms in total. The Hall–Kier alpha value is -2.63. The summed E-state index contributed by atoms with van der Waals surface area (Å²) in [5.74, 6) is -0.965. The average molecular weight is 304 g/mol. The van der Waals surface area contributed by atoms with Gasteiger partial charge in [-0.1, -0.05) is 19.1 Å². The van der Waals surface area contributed by atoms with Gasteiger partial charge in [0.05, 0.1) is 0 Å². The molecular formula is C16H17FN2O3. The van der Waals surface area contributed by atoms with Crippen LogP contribution in [-0.2, 0) is 11.2 Å². The topological polar surface area (TPSA) is 76.5 Å². The molecule has 2 N–H and O–H groups in total. The molecule has 0 radical (unpaired) electrons. The summed E-state index contributed by atoms with van der Waals surface area (Å²) in [6, 6.07) is 7.60. The van der Waals surface area contributed by atoms with Gasteiger partial charge in [0.1, 0.15) is 17.6 Å².